The van der Waals surface area contributed by atoms with Gasteiger partial charge in [-0.3, -0.25) is 4.79 Å². The summed E-state index contributed by atoms with van der Waals surface area (Å²) in [6, 6.07) is 2.15. The van der Waals surface area contributed by atoms with E-state index in [1.54, 1.807) is 0 Å². The van der Waals surface area contributed by atoms with Gasteiger partial charge in [-0.1, -0.05) is 13.8 Å². The zero-order valence-electron chi connectivity index (χ0n) is 12.7. The molecule has 21 heavy (non-hydrogen) atoms. The number of carbonyl (C=O) groups is 1. The Hall–Kier alpha value is -1.38. The Labute approximate surface area is 125 Å². The number of nitrogens with one attached hydrogen (secondary N) is 1. The summed E-state index contributed by atoms with van der Waals surface area (Å²) >= 11 is 0. The van der Waals surface area contributed by atoms with Crippen LogP contribution in [0.4, 0.5) is 0 Å². The van der Waals surface area contributed by atoms with Crippen molar-refractivity contribution in [2.24, 2.45) is 5.92 Å². The number of aliphatic hydroxyl groups is 1. The third-order valence-electron chi connectivity index (χ3n) is 2.85. The predicted octanol–water partition coefficient (Wildman–Crippen LogP) is 0.667. The zero-order valence-corrected chi connectivity index (χ0v) is 13.5. The van der Waals surface area contributed by atoms with Crippen LogP contribution in [-0.2, 0) is 10.0 Å². The highest BCUT2D eigenvalue weighted by molar-refractivity contribution is 7.88. The maximum absolute atomic E-state index is 12.0. The molecule has 8 heteroatoms. The van der Waals surface area contributed by atoms with Gasteiger partial charge in [0.05, 0.1) is 12.6 Å². The van der Waals surface area contributed by atoms with Crippen molar-refractivity contribution in [2.45, 2.75) is 31.4 Å². The molecular weight excluding hydrogens is 296 g/mol. The highest BCUT2D eigenvalue weighted by atomic mass is 32.2. The minimum absolute atomic E-state index is 0.0994. The van der Waals surface area contributed by atoms with Crippen molar-refractivity contribution in [1.82, 2.24) is 9.62 Å². The fourth-order valence-corrected chi connectivity index (χ4v) is 2.56. The third kappa shape index (κ3) is 4.55. The maximum atomic E-state index is 12.0. The Morgan fingerprint density at radius 1 is 1.38 bits per heavy atom. The molecule has 1 rings (SSSR count). The average molecular weight is 318 g/mol. The van der Waals surface area contributed by atoms with Crippen molar-refractivity contribution in [1.29, 1.82) is 0 Å². The summed E-state index contributed by atoms with van der Waals surface area (Å²) in [6.45, 7) is 3.76. The topological polar surface area (TPSA) is 99.8 Å². The molecule has 7 nitrogen and oxygen atoms in total. The van der Waals surface area contributed by atoms with Gasteiger partial charge in [0.25, 0.3) is 15.9 Å². The molecule has 1 aromatic rings. The van der Waals surface area contributed by atoms with E-state index in [1.165, 1.54) is 26.2 Å². The van der Waals surface area contributed by atoms with Crippen LogP contribution in [0.3, 0.4) is 0 Å². The Balaban J connectivity index is 2.83. The predicted molar refractivity (Wildman–Crippen MR) is 77.4 cm³/mol. The summed E-state index contributed by atoms with van der Waals surface area (Å²) in [5, 5.41) is 11.6. The van der Waals surface area contributed by atoms with Gasteiger partial charge in [-0.05, 0) is 24.5 Å². The second kappa shape index (κ2) is 7.06. The highest BCUT2D eigenvalue weighted by Gasteiger charge is 2.24. The number of furan rings is 1. The smallest absolute Gasteiger partial charge is 0.287 e. The van der Waals surface area contributed by atoms with Crippen LogP contribution in [0.5, 0.6) is 0 Å². The van der Waals surface area contributed by atoms with Gasteiger partial charge >= 0.3 is 0 Å². The Morgan fingerprint density at radius 2 is 2.00 bits per heavy atom. The molecule has 0 bridgehead atoms. The van der Waals surface area contributed by atoms with Gasteiger partial charge in [0.15, 0.2) is 5.76 Å². The van der Waals surface area contributed by atoms with E-state index in [4.69, 9.17) is 4.42 Å². The first-order valence-corrected chi connectivity index (χ1v) is 8.06. The fraction of sp³-hybridized carbons (Fsp3) is 0.615. The van der Waals surface area contributed by atoms with Crippen molar-refractivity contribution in [3.8, 4) is 0 Å². The molecule has 0 fully saturated rings. The lowest BCUT2D eigenvalue weighted by Gasteiger charge is -2.17. The standard InChI is InChI=1S/C13H22N2O5S/c1-9(2)7-10(8-16)14-13(17)11-5-6-12(20-11)21(18,19)15(3)4/h5-6,9-10,16H,7-8H2,1-4H3,(H,14,17). The van der Waals surface area contributed by atoms with Crippen molar-refractivity contribution in [2.75, 3.05) is 20.7 Å². The van der Waals surface area contributed by atoms with E-state index in [0.29, 0.717) is 12.3 Å². The van der Waals surface area contributed by atoms with Gasteiger partial charge < -0.3 is 14.8 Å². The molecule has 1 amide bonds. The van der Waals surface area contributed by atoms with Gasteiger partial charge in [0.1, 0.15) is 0 Å². The Morgan fingerprint density at radius 3 is 2.48 bits per heavy atom. The first-order chi connectivity index (χ1) is 9.68. The first-order valence-electron chi connectivity index (χ1n) is 6.62. The van der Waals surface area contributed by atoms with E-state index >= 15 is 0 Å². The minimum atomic E-state index is -3.71. The maximum Gasteiger partial charge on any atom is 0.287 e. The molecule has 0 spiro atoms. The van der Waals surface area contributed by atoms with E-state index in [0.717, 1.165) is 4.31 Å². The van der Waals surface area contributed by atoms with Crippen molar-refractivity contribution < 1.29 is 22.7 Å². The van der Waals surface area contributed by atoms with Crippen molar-refractivity contribution in [3.63, 3.8) is 0 Å². The molecule has 0 aliphatic rings. The largest absolute Gasteiger partial charge is 0.438 e. The SMILES string of the molecule is CC(C)CC(CO)NC(=O)c1ccc(S(=O)(=O)N(C)C)o1. The molecule has 0 aliphatic heterocycles. The van der Waals surface area contributed by atoms with Crippen LogP contribution < -0.4 is 5.32 Å². The third-order valence-corrected chi connectivity index (χ3v) is 4.54. The second-order valence-corrected chi connectivity index (χ2v) is 7.47. The van der Waals surface area contributed by atoms with Crippen LogP contribution in [0.1, 0.15) is 30.8 Å². The lowest BCUT2D eigenvalue weighted by Crippen LogP contribution is -2.38. The number of rotatable bonds is 7. The van der Waals surface area contributed by atoms with E-state index in [9.17, 15) is 18.3 Å². The van der Waals surface area contributed by atoms with Crippen LogP contribution >= 0.6 is 0 Å². The Kier molecular flexibility index (Phi) is 5.94. The van der Waals surface area contributed by atoms with E-state index in [-0.39, 0.29) is 17.5 Å². The van der Waals surface area contributed by atoms with Gasteiger partial charge in [-0.15, -0.1) is 0 Å². The molecule has 1 unspecified atom stereocenters. The molecule has 2 N–H and O–H groups in total. The molecule has 0 saturated carbocycles. The normalized spacial score (nSPS) is 13.7. The lowest BCUT2D eigenvalue weighted by molar-refractivity contribution is 0.0875. The van der Waals surface area contributed by atoms with E-state index in [1.807, 2.05) is 13.8 Å². The summed E-state index contributed by atoms with van der Waals surface area (Å²) in [4.78, 5) is 12.0. The van der Waals surface area contributed by atoms with Crippen molar-refractivity contribution >= 4 is 15.9 Å². The number of hydrogen-bond donors (Lipinski definition) is 2. The number of hydrogen-bond acceptors (Lipinski definition) is 5. The zero-order chi connectivity index (χ0) is 16.2. The summed E-state index contributed by atoms with van der Waals surface area (Å²) < 4.78 is 29.8. The lowest BCUT2D eigenvalue weighted by atomic mass is 10.0. The molecule has 1 aromatic heterocycles. The first kappa shape index (κ1) is 17.7. The molecule has 1 atom stereocenters. The van der Waals surface area contributed by atoms with E-state index in [2.05, 4.69) is 5.32 Å². The fourth-order valence-electron chi connectivity index (χ4n) is 1.77. The molecule has 0 aliphatic carbocycles. The summed E-state index contributed by atoms with van der Waals surface area (Å²) in [5.41, 5.74) is 0. The molecular formula is C13H22N2O5S. The van der Waals surface area contributed by atoms with E-state index < -0.39 is 22.0 Å². The molecule has 1 heterocycles. The van der Waals surface area contributed by atoms with Gasteiger partial charge in [0.2, 0.25) is 5.09 Å². The van der Waals surface area contributed by atoms with Crippen molar-refractivity contribution in [3.05, 3.63) is 17.9 Å². The average Bonchev–Trinajstić information content (AvgIpc) is 2.87. The van der Waals surface area contributed by atoms with Gasteiger partial charge in [0, 0.05) is 14.1 Å². The van der Waals surface area contributed by atoms with Crippen LogP contribution in [0, 0.1) is 5.92 Å². The summed E-state index contributed by atoms with van der Waals surface area (Å²) in [5.74, 6) is -0.337. The quantitative estimate of drug-likeness (QED) is 0.769. The highest BCUT2D eigenvalue weighted by Crippen LogP contribution is 2.17. The summed E-state index contributed by atoms with van der Waals surface area (Å²) in [6.07, 6.45) is 0.617. The van der Waals surface area contributed by atoms with Crippen LogP contribution in [-0.4, -0.2) is 50.5 Å². The molecule has 0 radical (unpaired) electrons. The number of aliphatic hydroxyl groups excluding tert-OH is 1. The number of carbonyl (C=O) groups excluding carboxylic acids is 1. The number of sulfonamides is 1. The van der Waals surface area contributed by atoms with Crippen LogP contribution in [0.25, 0.3) is 0 Å². The summed E-state index contributed by atoms with van der Waals surface area (Å²) in [7, 11) is -0.951. The number of amides is 1. The Bertz CT molecular complexity index is 577. The molecule has 120 valence electrons. The minimum Gasteiger partial charge on any atom is -0.438 e. The monoisotopic (exact) mass is 318 g/mol. The van der Waals surface area contributed by atoms with Crippen LogP contribution in [0.2, 0.25) is 0 Å². The second-order valence-electron chi connectivity index (χ2n) is 5.39. The van der Waals surface area contributed by atoms with Gasteiger partial charge in [-0.25, -0.2) is 12.7 Å². The van der Waals surface area contributed by atoms with Gasteiger partial charge in [-0.2, -0.15) is 0 Å². The number of nitrogens with zero attached hydrogens (tertiary/aromatic N) is 1. The molecule has 0 saturated heterocycles. The van der Waals surface area contributed by atoms with Crippen LogP contribution in [0.15, 0.2) is 21.6 Å². The molecule has 0 aromatic carbocycles.